The van der Waals surface area contributed by atoms with Gasteiger partial charge in [0.1, 0.15) is 11.4 Å². The van der Waals surface area contributed by atoms with Crippen molar-refractivity contribution in [2.45, 2.75) is 37.5 Å². The van der Waals surface area contributed by atoms with Gasteiger partial charge >= 0.3 is 0 Å². The summed E-state index contributed by atoms with van der Waals surface area (Å²) >= 11 is 6.54. The van der Waals surface area contributed by atoms with Crippen molar-refractivity contribution in [3.63, 3.8) is 0 Å². The van der Waals surface area contributed by atoms with E-state index < -0.39 is 5.41 Å². The molecule has 293 valence electrons. The Morgan fingerprint density at radius 1 is 0.621 bits per heavy atom. The van der Waals surface area contributed by atoms with Crippen LogP contribution >= 0.6 is 11.6 Å². The molecule has 1 radical (unpaired) electrons. The summed E-state index contributed by atoms with van der Waals surface area (Å²) in [6.45, 7) is 4.41. The van der Waals surface area contributed by atoms with Crippen molar-refractivity contribution in [2.75, 3.05) is 23.9 Å². The molecule has 0 unspecified atom stereocenters. The number of allylic oxidation sites excluding steroid dienone is 6. The summed E-state index contributed by atoms with van der Waals surface area (Å²) < 4.78 is 0. The van der Waals surface area contributed by atoms with Crippen LogP contribution < -0.4 is 9.80 Å². The maximum Gasteiger partial charge on any atom is 0.205 e. The Labute approximate surface area is 356 Å². The zero-order chi connectivity index (χ0) is 40.0. The third-order valence-corrected chi connectivity index (χ3v) is 11.2. The summed E-state index contributed by atoms with van der Waals surface area (Å²) in [4.78, 5) is 38.1. The number of likely N-dealkylation sites (N-methyl/N-ethyl adjacent to an activating group) is 2. The van der Waals surface area contributed by atoms with E-state index in [9.17, 15) is 9.59 Å². The Morgan fingerprint density at radius 3 is 1.71 bits per heavy atom. The number of aromatic nitrogens is 2. The van der Waals surface area contributed by atoms with Crippen LogP contribution in [0.1, 0.15) is 57.1 Å². The van der Waals surface area contributed by atoms with Crippen molar-refractivity contribution in [1.82, 2.24) is 9.97 Å². The summed E-state index contributed by atoms with van der Waals surface area (Å²) in [7, 11) is 4.09. The first-order chi connectivity index (χ1) is 27.6. The monoisotopic (exact) mass is 827 g/mol. The van der Waals surface area contributed by atoms with Gasteiger partial charge in [-0.15, -0.1) is 0 Å². The van der Waals surface area contributed by atoms with Crippen LogP contribution in [0, 0.1) is 0 Å². The fourth-order valence-electron chi connectivity index (χ4n) is 8.16. The third kappa shape index (κ3) is 8.67. The van der Waals surface area contributed by atoms with Gasteiger partial charge in [-0.1, -0.05) is 123 Å². The van der Waals surface area contributed by atoms with E-state index in [0.29, 0.717) is 16.4 Å². The molecule has 2 aliphatic heterocycles. The smallest absolute Gasteiger partial charge is 0.205 e. The first-order valence-corrected chi connectivity index (χ1v) is 19.4. The number of anilines is 2. The van der Waals surface area contributed by atoms with Gasteiger partial charge in [-0.2, -0.15) is 0 Å². The van der Waals surface area contributed by atoms with E-state index in [0.717, 1.165) is 29.8 Å². The van der Waals surface area contributed by atoms with E-state index in [1.54, 1.807) is 42.7 Å². The Hall–Kier alpha value is -5.86. The Morgan fingerprint density at radius 2 is 1.14 bits per heavy atom. The van der Waals surface area contributed by atoms with Crippen LogP contribution in [-0.2, 0) is 40.5 Å². The molecule has 6 aromatic rings. The first-order valence-electron chi connectivity index (χ1n) is 19.0. The number of carbonyl (C=O) groups is 2. The van der Waals surface area contributed by atoms with E-state index in [-0.39, 0.29) is 33.8 Å². The third-order valence-electron chi connectivity index (χ3n) is 10.9. The standard InChI is InChI=1S/C30H25ClN2O.C20H20N2O.Co/c1-33-27-16-15-24(31)18-25(27)30(20-22-10-4-2-5-11-22,21-23-12-6-3-7-13-23)29(33)19-28(34)26-14-8-9-17-32-26;1-20(2)15-9-4-5-11-17(15)22(3)19(20)13-8-12-18(23)16-10-6-7-14-21-16;/h2-19H,20-21H2,1H3;4-14H,1-3H3;/b29-19-;12-8+,19-13-;. The fraction of sp³-hybridized carbons (Fsp3) is 0.160. The molecule has 6 nitrogen and oxygen atoms in total. The van der Waals surface area contributed by atoms with Crippen LogP contribution in [0.25, 0.3) is 0 Å². The molecular formula is C50H45ClCoN4O2. The Kier molecular flexibility index (Phi) is 13.1. The van der Waals surface area contributed by atoms with Gasteiger partial charge in [-0.3, -0.25) is 19.6 Å². The average Bonchev–Trinajstić information content (AvgIpc) is 3.57. The second-order valence-electron chi connectivity index (χ2n) is 14.9. The molecule has 2 aliphatic rings. The topological polar surface area (TPSA) is 66.4 Å². The SMILES string of the molecule is CN1/C(=C\C(=O)c2ccccn2)C(Cc2ccccc2)(Cc2ccccc2)c2cc(Cl)ccc21.CN1/C(=C\C=C\C(=O)c2ccccn2)C(C)(C)c2ccccc21.[Co]. The van der Waals surface area contributed by atoms with Crippen molar-refractivity contribution in [3.05, 3.63) is 226 Å². The minimum Gasteiger partial charge on any atom is -0.347 e. The van der Waals surface area contributed by atoms with Gasteiger partial charge in [-0.05, 0) is 95.8 Å². The molecule has 0 aliphatic carbocycles. The van der Waals surface area contributed by atoms with Crippen LogP contribution in [0.4, 0.5) is 11.4 Å². The van der Waals surface area contributed by atoms with E-state index in [1.165, 1.54) is 28.1 Å². The quantitative estimate of drug-likeness (QED) is 0.107. The van der Waals surface area contributed by atoms with Crippen LogP contribution in [0.3, 0.4) is 0 Å². The van der Waals surface area contributed by atoms with Gasteiger partial charge < -0.3 is 9.80 Å². The van der Waals surface area contributed by atoms with Crippen molar-refractivity contribution in [3.8, 4) is 0 Å². The summed E-state index contributed by atoms with van der Waals surface area (Å²) in [5, 5.41) is 0.690. The fourth-order valence-corrected chi connectivity index (χ4v) is 8.33. The molecule has 0 bridgehead atoms. The molecule has 0 amide bonds. The Balaban J connectivity index is 0.000000207. The number of carbonyl (C=O) groups excluding carboxylic acids is 2. The largest absolute Gasteiger partial charge is 0.347 e. The molecule has 4 aromatic carbocycles. The van der Waals surface area contributed by atoms with Gasteiger partial charge in [0.25, 0.3) is 0 Å². The van der Waals surface area contributed by atoms with Crippen LogP contribution in [0.15, 0.2) is 188 Å². The molecular weight excluding hydrogens is 783 g/mol. The summed E-state index contributed by atoms with van der Waals surface area (Å²) in [6.07, 6.45) is 11.9. The van der Waals surface area contributed by atoms with Gasteiger partial charge in [0.05, 0.1) is 0 Å². The first kappa shape index (κ1) is 41.8. The molecule has 0 saturated carbocycles. The molecule has 0 N–H and O–H groups in total. The van der Waals surface area contributed by atoms with Crippen molar-refractivity contribution >= 4 is 34.5 Å². The number of halogens is 1. The van der Waals surface area contributed by atoms with Crippen molar-refractivity contribution in [1.29, 1.82) is 0 Å². The summed E-state index contributed by atoms with van der Waals surface area (Å²) in [5.74, 6) is -0.190. The molecule has 0 atom stereocenters. The summed E-state index contributed by atoms with van der Waals surface area (Å²) in [5.41, 5.74) is 9.60. The van der Waals surface area contributed by atoms with Gasteiger partial charge in [0.15, 0.2) is 0 Å². The minimum absolute atomic E-state index is 0. The molecule has 0 spiro atoms. The predicted octanol–water partition coefficient (Wildman–Crippen LogP) is 10.8. The number of hydrogen-bond acceptors (Lipinski definition) is 6. The van der Waals surface area contributed by atoms with E-state index in [1.807, 2.05) is 55.6 Å². The number of pyridine rings is 2. The molecule has 2 aromatic heterocycles. The van der Waals surface area contributed by atoms with Gasteiger partial charge in [0, 0.05) is 88.0 Å². The number of nitrogens with zero attached hydrogens (tertiary/aromatic N) is 4. The van der Waals surface area contributed by atoms with Crippen LogP contribution in [-0.4, -0.2) is 35.6 Å². The van der Waals surface area contributed by atoms with Gasteiger partial charge in [0.2, 0.25) is 11.6 Å². The molecule has 8 heteroatoms. The van der Waals surface area contributed by atoms with E-state index in [4.69, 9.17) is 11.6 Å². The number of benzene rings is 4. The number of rotatable bonds is 9. The van der Waals surface area contributed by atoms with Gasteiger partial charge in [-0.25, -0.2) is 0 Å². The second-order valence-corrected chi connectivity index (χ2v) is 15.4. The number of hydrogen-bond donors (Lipinski definition) is 0. The maximum absolute atomic E-state index is 13.4. The summed E-state index contributed by atoms with van der Waals surface area (Å²) in [6, 6.07) is 46.1. The maximum atomic E-state index is 13.4. The average molecular weight is 828 g/mol. The normalized spacial score (nSPS) is 16.0. The molecule has 0 saturated heterocycles. The molecule has 4 heterocycles. The zero-order valence-electron chi connectivity index (χ0n) is 33.0. The molecule has 8 rings (SSSR count). The van der Waals surface area contributed by atoms with E-state index in [2.05, 4.69) is 126 Å². The number of para-hydroxylation sites is 1. The number of fused-ring (bicyclic) bond motifs is 2. The van der Waals surface area contributed by atoms with Crippen LogP contribution in [0.2, 0.25) is 5.02 Å². The predicted molar refractivity (Wildman–Crippen MR) is 232 cm³/mol. The van der Waals surface area contributed by atoms with Crippen molar-refractivity contribution < 1.29 is 26.4 Å². The number of ketones is 2. The minimum atomic E-state index is -0.470. The van der Waals surface area contributed by atoms with E-state index >= 15 is 0 Å². The Bertz CT molecular complexity index is 2430. The molecule has 58 heavy (non-hydrogen) atoms. The zero-order valence-corrected chi connectivity index (χ0v) is 34.8. The second kappa shape index (κ2) is 18.2. The van der Waals surface area contributed by atoms with Crippen LogP contribution in [0.5, 0.6) is 0 Å². The molecule has 0 fully saturated rings. The van der Waals surface area contributed by atoms with Crippen molar-refractivity contribution in [2.24, 2.45) is 0 Å².